The number of hydrogen-bond donors (Lipinski definition) is 2. The minimum atomic E-state index is -0.290. The zero-order valence-electron chi connectivity index (χ0n) is 18.2. The van der Waals surface area contributed by atoms with E-state index >= 15 is 0 Å². The van der Waals surface area contributed by atoms with Gasteiger partial charge in [-0.3, -0.25) is 9.69 Å². The van der Waals surface area contributed by atoms with Crippen molar-refractivity contribution >= 4 is 28.1 Å². The summed E-state index contributed by atoms with van der Waals surface area (Å²) in [4.78, 5) is 22.0. The molecule has 0 spiro atoms. The van der Waals surface area contributed by atoms with E-state index in [2.05, 4.69) is 54.6 Å². The molecule has 0 bridgehead atoms. The molecule has 2 aliphatic rings. The van der Waals surface area contributed by atoms with Crippen molar-refractivity contribution in [3.63, 3.8) is 0 Å². The molecular weight excluding hydrogens is 372 g/mol. The predicted molar refractivity (Wildman–Crippen MR) is 124 cm³/mol. The van der Waals surface area contributed by atoms with Crippen LogP contribution in [-0.4, -0.2) is 47.9 Å². The van der Waals surface area contributed by atoms with Crippen LogP contribution in [0.25, 0.3) is 10.9 Å². The summed E-state index contributed by atoms with van der Waals surface area (Å²) in [5.74, 6) is 0.103. The van der Waals surface area contributed by atoms with E-state index < -0.39 is 0 Å². The summed E-state index contributed by atoms with van der Waals surface area (Å²) in [6.07, 6.45) is 0. The fourth-order valence-corrected chi connectivity index (χ4v) is 5.13. The van der Waals surface area contributed by atoms with Crippen LogP contribution in [0, 0.1) is 0 Å². The average Bonchev–Trinajstić information content (AvgIpc) is 3.12. The van der Waals surface area contributed by atoms with Gasteiger partial charge in [-0.25, -0.2) is 0 Å². The molecule has 1 aromatic heterocycles. The van der Waals surface area contributed by atoms with E-state index in [1.807, 2.05) is 24.3 Å². The quantitative estimate of drug-likeness (QED) is 0.632. The van der Waals surface area contributed by atoms with Crippen LogP contribution in [0.15, 0.2) is 36.4 Å². The Morgan fingerprint density at radius 2 is 1.77 bits per heavy atom. The van der Waals surface area contributed by atoms with Gasteiger partial charge in [0.2, 0.25) is 0 Å². The van der Waals surface area contributed by atoms with Gasteiger partial charge in [0.1, 0.15) is 0 Å². The number of nitrogens with one attached hydrogen (secondary N) is 1. The standard InChI is InChI=1S/C25H30N4O/c1-15(2)28-9-11-29(12-10-28)17-6-8-18-20(14-17)25(3,4)24-22(23(18)30)19-7-5-16(26)13-21(19)27-24/h5-8,13-15,27H,9-12,26H2,1-4H3. The molecule has 0 saturated carbocycles. The number of carbonyl (C=O) groups is 1. The third kappa shape index (κ3) is 2.76. The first-order valence-electron chi connectivity index (χ1n) is 10.9. The molecule has 0 amide bonds. The van der Waals surface area contributed by atoms with Crippen LogP contribution in [0.5, 0.6) is 0 Å². The average molecular weight is 403 g/mol. The zero-order chi connectivity index (χ0) is 21.2. The summed E-state index contributed by atoms with van der Waals surface area (Å²) in [5, 5.41) is 0.955. The number of carbonyl (C=O) groups excluding carboxylic acids is 1. The molecule has 0 atom stereocenters. The van der Waals surface area contributed by atoms with Gasteiger partial charge in [0.25, 0.3) is 0 Å². The Morgan fingerprint density at radius 1 is 1.03 bits per heavy atom. The first-order chi connectivity index (χ1) is 14.3. The highest BCUT2D eigenvalue weighted by molar-refractivity contribution is 6.20. The minimum Gasteiger partial charge on any atom is -0.399 e. The SMILES string of the molecule is CC(C)N1CCN(c2ccc3c(c2)C(C)(C)c2[nH]c4cc(N)ccc4c2C3=O)CC1. The Labute approximate surface area is 177 Å². The number of piperazine rings is 1. The summed E-state index contributed by atoms with van der Waals surface area (Å²) in [6.45, 7) is 13.1. The Bertz CT molecular complexity index is 1150. The van der Waals surface area contributed by atoms with Crippen LogP contribution in [0.2, 0.25) is 0 Å². The van der Waals surface area contributed by atoms with Gasteiger partial charge >= 0.3 is 0 Å². The number of anilines is 2. The van der Waals surface area contributed by atoms with Gasteiger partial charge < -0.3 is 15.6 Å². The Kier molecular flexibility index (Phi) is 4.23. The van der Waals surface area contributed by atoms with Crippen molar-refractivity contribution in [2.45, 2.75) is 39.2 Å². The third-order valence-corrected chi connectivity index (χ3v) is 7.01. The Hall–Kier alpha value is -2.79. The number of nitrogens with zero attached hydrogens (tertiary/aromatic N) is 2. The highest BCUT2D eigenvalue weighted by atomic mass is 16.1. The molecular formula is C25H30N4O. The molecule has 1 fully saturated rings. The van der Waals surface area contributed by atoms with Gasteiger partial charge in [0, 0.05) is 71.2 Å². The molecule has 1 saturated heterocycles. The first-order valence-corrected chi connectivity index (χ1v) is 10.9. The molecule has 5 heteroatoms. The second-order valence-corrected chi connectivity index (χ2v) is 9.48. The Balaban J connectivity index is 1.56. The van der Waals surface area contributed by atoms with E-state index in [0.717, 1.165) is 59.5 Å². The van der Waals surface area contributed by atoms with E-state index in [1.165, 1.54) is 5.69 Å². The molecule has 2 heterocycles. The maximum Gasteiger partial charge on any atom is 0.195 e. The maximum atomic E-state index is 13.5. The molecule has 2 aromatic carbocycles. The van der Waals surface area contributed by atoms with Crippen molar-refractivity contribution in [1.82, 2.24) is 9.88 Å². The lowest BCUT2D eigenvalue weighted by atomic mass is 9.71. The maximum absolute atomic E-state index is 13.5. The largest absolute Gasteiger partial charge is 0.399 e. The fraction of sp³-hybridized carbons (Fsp3) is 0.400. The van der Waals surface area contributed by atoms with Crippen molar-refractivity contribution in [3.8, 4) is 0 Å². The molecule has 156 valence electrons. The summed E-state index contributed by atoms with van der Waals surface area (Å²) in [7, 11) is 0. The number of hydrogen-bond acceptors (Lipinski definition) is 4. The van der Waals surface area contributed by atoms with Crippen LogP contribution in [-0.2, 0) is 5.41 Å². The monoisotopic (exact) mass is 402 g/mol. The molecule has 3 N–H and O–H groups in total. The number of nitrogens with two attached hydrogens (primary N) is 1. The van der Waals surface area contributed by atoms with E-state index in [4.69, 9.17) is 5.73 Å². The van der Waals surface area contributed by atoms with Crippen LogP contribution in [0.1, 0.15) is 54.9 Å². The number of fused-ring (bicyclic) bond motifs is 4. The van der Waals surface area contributed by atoms with E-state index in [1.54, 1.807) is 0 Å². The van der Waals surface area contributed by atoms with Crippen molar-refractivity contribution in [2.24, 2.45) is 0 Å². The van der Waals surface area contributed by atoms with Gasteiger partial charge in [0.05, 0.1) is 5.56 Å². The smallest absolute Gasteiger partial charge is 0.195 e. The van der Waals surface area contributed by atoms with Crippen molar-refractivity contribution in [2.75, 3.05) is 36.8 Å². The zero-order valence-corrected chi connectivity index (χ0v) is 18.2. The van der Waals surface area contributed by atoms with Crippen LogP contribution in [0.3, 0.4) is 0 Å². The fourth-order valence-electron chi connectivity index (χ4n) is 5.13. The number of benzene rings is 2. The van der Waals surface area contributed by atoms with Gasteiger partial charge in [-0.15, -0.1) is 0 Å². The molecule has 30 heavy (non-hydrogen) atoms. The molecule has 0 unspecified atom stereocenters. The predicted octanol–water partition coefficient (Wildman–Crippen LogP) is 4.15. The lowest BCUT2D eigenvalue weighted by Gasteiger charge is -2.39. The van der Waals surface area contributed by atoms with Crippen molar-refractivity contribution in [3.05, 3.63) is 58.8 Å². The van der Waals surface area contributed by atoms with Crippen LogP contribution < -0.4 is 10.6 Å². The normalized spacial score (nSPS) is 18.7. The summed E-state index contributed by atoms with van der Waals surface area (Å²) in [5.41, 5.74) is 12.2. The molecule has 5 rings (SSSR count). The second kappa shape index (κ2) is 6.61. The topological polar surface area (TPSA) is 65.4 Å². The Morgan fingerprint density at radius 3 is 2.47 bits per heavy atom. The van der Waals surface area contributed by atoms with Gasteiger partial charge in [0.15, 0.2) is 5.78 Å². The first kappa shape index (κ1) is 19.2. The number of rotatable bonds is 2. The highest BCUT2D eigenvalue weighted by Crippen LogP contribution is 2.45. The van der Waals surface area contributed by atoms with E-state index in [0.29, 0.717) is 11.7 Å². The number of aromatic amines is 1. The summed E-state index contributed by atoms with van der Waals surface area (Å²) in [6, 6.07) is 12.7. The highest BCUT2D eigenvalue weighted by Gasteiger charge is 2.40. The number of nitrogen functional groups attached to an aromatic ring is 1. The van der Waals surface area contributed by atoms with Crippen LogP contribution >= 0.6 is 0 Å². The minimum absolute atomic E-state index is 0.103. The number of H-pyrrole nitrogens is 1. The van der Waals surface area contributed by atoms with Crippen molar-refractivity contribution in [1.29, 1.82) is 0 Å². The number of aromatic nitrogens is 1. The number of ketones is 1. The van der Waals surface area contributed by atoms with Gasteiger partial charge in [-0.2, -0.15) is 0 Å². The lowest BCUT2D eigenvalue weighted by Crippen LogP contribution is -2.49. The second-order valence-electron chi connectivity index (χ2n) is 9.48. The molecule has 3 aromatic rings. The summed E-state index contributed by atoms with van der Waals surface area (Å²) >= 11 is 0. The molecule has 5 nitrogen and oxygen atoms in total. The third-order valence-electron chi connectivity index (χ3n) is 7.01. The molecule has 0 radical (unpaired) electrons. The van der Waals surface area contributed by atoms with Crippen molar-refractivity contribution < 1.29 is 4.79 Å². The van der Waals surface area contributed by atoms with E-state index in [-0.39, 0.29) is 11.2 Å². The summed E-state index contributed by atoms with van der Waals surface area (Å²) < 4.78 is 0. The van der Waals surface area contributed by atoms with Gasteiger partial charge in [-0.1, -0.05) is 19.9 Å². The van der Waals surface area contributed by atoms with Crippen LogP contribution in [0.4, 0.5) is 11.4 Å². The van der Waals surface area contributed by atoms with E-state index in [9.17, 15) is 4.79 Å². The molecule has 1 aliphatic carbocycles. The lowest BCUT2D eigenvalue weighted by molar-refractivity contribution is 0.103. The molecule has 1 aliphatic heterocycles. The van der Waals surface area contributed by atoms with Gasteiger partial charge in [-0.05, 0) is 49.7 Å².